The predicted molar refractivity (Wildman–Crippen MR) is 138 cm³/mol. The van der Waals surface area contributed by atoms with Crippen molar-refractivity contribution in [1.82, 2.24) is 15.1 Å². The molecule has 1 N–H and O–H groups in total. The largest absolute Gasteiger partial charge is 0.417 e. The van der Waals surface area contributed by atoms with Crippen molar-refractivity contribution >= 4 is 22.7 Å². The van der Waals surface area contributed by atoms with E-state index in [1.165, 1.54) is 0 Å². The molecule has 0 bridgehead atoms. The zero-order valence-electron chi connectivity index (χ0n) is 20.5. The fourth-order valence-corrected chi connectivity index (χ4v) is 4.35. The standard InChI is InChI=1S/C28H29FN4O4/c1-18(29)9-14-26(34)33(15-4-2-3-8-25-31-27(32-37-25)19-10-11-19)22-7-5-6-20(16-22)21-12-13-23-24(17-21)36-28(35)30-23/h5-7,12-13,16-17,19H,1-4,8-11,14-15H2,(H,30,35). The van der Waals surface area contributed by atoms with Gasteiger partial charge in [0.05, 0.1) is 11.3 Å². The van der Waals surface area contributed by atoms with Gasteiger partial charge in [-0.3, -0.25) is 9.78 Å². The molecule has 8 nitrogen and oxygen atoms in total. The van der Waals surface area contributed by atoms with E-state index in [1.54, 1.807) is 17.0 Å². The Morgan fingerprint density at radius 2 is 1.95 bits per heavy atom. The summed E-state index contributed by atoms with van der Waals surface area (Å²) in [6.07, 6.45) is 5.55. The minimum absolute atomic E-state index is 0.00129. The van der Waals surface area contributed by atoms with Crippen LogP contribution in [0.5, 0.6) is 0 Å². The Labute approximate surface area is 213 Å². The van der Waals surface area contributed by atoms with E-state index in [9.17, 15) is 14.0 Å². The first kappa shape index (κ1) is 24.7. The Morgan fingerprint density at radius 3 is 2.76 bits per heavy atom. The number of benzene rings is 2. The number of hydrogen-bond donors (Lipinski definition) is 1. The smallest absolute Gasteiger partial charge is 0.408 e. The number of unbranched alkanes of at least 4 members (excludes halogenated alkanes) is 2. The van der Waals surface area contributed by atoms with Crippen LogP contribution in [-0.2, 0) is 11.2 Å². The molecule has 0 radical (unpaired) electrons. The van der Waals surface area contributed by atoms with Gasteiger partial charge < -0.3 is 13.8 Å². The van der Waals surface area contributed by atoms with Gasteiger partial charge in [0, 0.05) is 37.4 Å². The number of nitrogens with zero attached hydrogens (tertiary/aromatic N) is 3. The van der Waals surface area contributed by atoms with Gasteiger partial charge in [-0.25, -0.2) is 9.18 Å². The highest BCUT2D eigenvalue weighted by Crippen LogP contribution is 2.38. The molecule has 0 aliphatic heterocycles. The van der Waals surface area contributed by atoms with Crippen LogP contribution < -0.4 is 10.7 Å². The lowest BCUT2D eigenvalue weighted by Gasteiger charge is -2.23. The van der Waals surface area contributed by atoms with Crippen LogP contribution in [0.2, 0.25) is 0 Å². The third kappa shape index (κ3) is 6.22. The second-order valence-electron chi connectivity index (χ2n) is 9.47. The van der Waals surface area contributed by atoms with Crippen molar-refractivity contribution in [3.63, 3.8) is 0 Å². The van der Waals surface area contributed by atoms with E-state index >= 15 is 0 Å². The summed E-state index contributed by atoms with van der Waals surface area (Å²) in [6, 6.07) is 13.1. The second kappa shape index (κ2) is 10.9. The first-order chi connectivity index (χ1) is 18.0. The molecule has 4 aromatic rings. The molecule has 0 atom stereocenters. The van der Waals surface area contributed by atoms with Crippen LogP contribution in [0.25, 0.3) is 22.2 Å². The predicted octanol–water partition coefficient (Wildman–Crippen LogP) is 6.06. The zero-order chi connectivity index (χ0) is 25.8. The van der Waals surface area contributed by atoms with Crippen LogP contribution in [0.1, 0.15) is 62.6 Å². The van der Waals surface area contributed by atoms with Crippen molar-refractivity contribution in [2.75, 3.05) is 11.4 Å². The summed E-state index contributed by atoms with van der Waals surface area (Å²) in [5.41, 5.74) is 3.55. The van der Waals surface area contributed by atoms with Crippen molar-refractivity contribution in [3.8, 4) is 11.1 Å². The number of allylic oxidation sites excluding steroid dienone is 1. The fourth-order valence-electron chi connectivity index (χ4n) is 4.35. The molecular weight excluding hydrogens is 475 g/mol. The molecule has 0 unspecified atom stereocenters. The van der Waals surface area contributed by atoms with Crippen LogP contribution in [0, 0.1) is 0 Å². The van der Waals surface area contributed by atoms with E-state index < -0.39 is 11.6 Å². The number of carbonyl (C=O) groups is 1. The topological polar surface area (TPSA) is 105 Å². The fraction of sp³-hybridized carbons (Fsp3) is 0.357. The summed E-state index contributed by atoms with van der Waals surface area (Å²) in [4.78, 5) is 33.4. The number of halogens is 1. The van der Waals surface area contributed by atoms with E-state index in [0.29, 0.717) is 35.9 Å². The quantitative estimate of drug-likeness (QED) is 0.235. The molecule has 2 aromatic carbocycles. The van der Waals surface area contributed by atoms with Crippen LogP contribution >= 0.6 is 0 Å². The summed E-state index contributed by atoms with van der Waals surface area (Å²) in [6.45, 7) is 3.78. The van der Waals surface area contributed by atoms with Crippen molar-refractivity contribution in [3.05, 3.63) is 77.1 Å². The van der Waals surface area contributed by atoms with Gasteiger partial charge in [0.25, 0.3) is 0 Å². The average Bonchev–Trinajstić information content (AvgIpc) is 3.51. The number of aromatic amines is 1. The van der Waals surface area contributed by atoms with Crippen LogP contribution in [0.4, 0.5) is 10.1 Å². The van der Waals surface area contributed by atoms with Crippen molar-refractivity contribution in [2.24, 2.45) is 0 Å². The van der Waals surface area contributed by atoms with E-state index in [1.807, 2.05) is 30.3 Å². The zero-order valence-corrected chi connectivity index (χ0v) is 20.5. The Morgan fingerprint density at radius 1 is 1.11 bits per heavy atom. The van der Waals surface area contributed by atoms with Gasteiger partial charge in [0.1, 0.15) is 0 Å². The van der Waals surface area contributed by atoms with E-state index in [0.717, 1.165) is 54.7 Å². The van der Waals surface area contributed by atoms with E-state index in [2.05, 4.69) is 21.7 Å². The van der Waals surface area contributed by atoms with Gasteiger partial charge in [-0.2, -0.15) is 4.98 Å². The van der Waals surface area contributed by atoms with Crippen LogP contribution in [0.3, 0.4) is 0 Å². The number of aromatic nitrogens is 3. The van der Waals surface area contributed by atoms with Crippen LogP contribution in [0.15, 0.2) is 68.6 Å². The summed E-state index contributed by atoms with van der Waals surface area (Å²) in [5, 5.41) is 4.05. The summed E-state index contributed by atoms with van der Waals surface area (Å²) >= 11 is 0. The Bertz CT molecular complexity index is 1470. The molecule has 5 rings (SSSR count). The van der Waals surface area contributed by atoms with E-state index in [-0.39, 0.29) is 18.7 Å². The maximum atomic E-state index is 13.3. The molecule has 1 saturated carbocycles. The van der Waals surface area contributed by atoms with Gasteiger partial charge >= 0.3 is 5.76 Å². The minimum atomic E-state index is -0.506. The number of rotatable bonds is 12. The normalized spacial score (nSPS) is 13.2. The van der Waals surface area contributed by atoms with Gasteiger partial charge in [0.15, 0.2) is 11.4 Å². The lowest BCUT2D eigenvalue weighted by Crippen LogP contribution is -2.31. The number of H-pyrrole nitrogens is 1. The summed E-state index contributed by atoms with van der Waals surface area (Å²) < 4.78 is 23.8. The lowest BCUT2D eigenvalue weighted by molar-refractivity contribution is -0.118. The monoisotopic (exact) mass is 504 g/mol. The minimum Gasteiger partial charge on any atom is -0.408 e. The van der Waals surface area contributed by atoms with Gasteiger partial charge in [-0.15, -0.1) is 0 Å². The van der Waals surface area contributed by atoms with Crippen molar-refractivity contribution in [1.29, 1.82) is 0 Å². The van der Waals surface area contributed by atoms with Gasteiger partial charge in [-0.1, -0.05) is 36.4 Å². The summed E-state index contributed by atoms with van der Waals surface area (Å²) in [7, 11) is 0. The van der Waals surface area contributed by atoms with E-state index in [4.69, 9.17) is 8.94 Å². The number of amides is 1. The molecule has 9 heteroatoms. The number of oxazole rings is 1. The highest BCUT2D eigenvalue weighted by atomic mass is 19.1. The van der Waals surface area contributed by atoms with Crippen molar-refractivity contribution < 1.29 is 18.1 Å². The third-order valence-electron chi connectivity index (χ3n) is 6.52. The Hall–Kier alpha value is -4.01. The van der Waals surface area contributed by atoms with Crippen LogP contribution in [-0.4, -0.2) is 27.6 Å². The highest BCUT2D eigenvalue weighted by Gasteiger charge is 2.28. The second-order valence-corrected chi connectivity index (χ2v) is 9.47. The summed E-state index contributed by atoms with van der Waals surface area (Å²) in [5.74, 6) is 0.784. The maximum absolute atomic E-state index is 13.3. The van der Waals surface area contributed by atoms with Gasteiger partial charge in [-0.05, 0) is 61.1 Å². The molecule has 192 valence electrons. The molecule has 37 heavy (non-hydrogen) atoms. The number of aryl methyl sites for hydroxylation is 1. The SMILES string of the molecule is C=C(F)CCC(=O)N(CCCCCc1nc(C2CC2)no1)c1cccc(-c2ccc3[nH]c(=O)oc3c2)c1. The number of fused-ring (bicyclic) bond motifs is 1. The van der Waals surface area contributed by atoms with Crippen molar-refractivity contribution in [2.45, 2.75) is 57.3 Å². The molecule has 2 aromatic heterocycles. The first-order valence-electron chi connectivity index (χ1n) is 12.7. The Kier molecular flexibility index (Phi) is 7.30. The number of carbonyl (C=O) groups excluding carboxylic acids is 1. The highest BCUT2D eigenvalue weighted by molar-refractivity contribution is 5.94. The molecule has 1 amide bonds. The molecular formula is C28H29FN4O4. The molecule has 2 heterocycles. The maximum Gasteiger partial charge on any atom is 0.417 e. The molecule has 1 aliphatic rings. The Balaban J connectivity index is 1.26. The lowest BCUT2D eigenvalue weighted by atomic mass is 10.0. The number of anilines is 1. The third-order valence-corrected chi connectivity index (χ3v) is 6.52. The molecule has 0 spiro atoms. The number of hydrogen-bond acceptors (Lipinski definition) is 6. The molecule has 0 saturated heterocycles. The van der Waals surface area contributed by atoms with Gasteiger partial charge in [0.2, 0.25) is 11.8 Å². The average molecular weight is 505 g/mol. The molecule has 1 fully saturated rings. The molecule has 1 aliphatic carbocycles. The number of nitrogens with one attached hydrogen (secondary N) is 1. The first-order valence-corrected chi connectivity index (χ1v) is 12.7.